The first-order chi connectivity index (χ1) is 12.2. The van der Waals surface area contributed by atoms with Crippen molar-refractivity contribution in [3.05, 3.63) is 88.5 Å². The smallest absolute Gasteiger partial charge is 0.293 e. The Hall–Kier alpha value is -3.85. The van der Waals surface area contributed by atoms with Crippen molar-refractivity contribution in [2.24, 2.45) is 0 Å². The molecule has 6 nitrogen and oxygen atoms in total. The van der Waals surface area contributed by atoms with E-state index in [0.29, 0.717) is 17.1 Å². The van der Waals surface area contributed by atoms with Gasteiger partial charge in [-0.2, -0.15) is 5.26 Å². The third kappa shape index (κ3) is 3.92. The van der Waals surface area contributed by atoms with E-state index in [2.05, 4.69) is 5.32 Å². The lowest BCUT2D eigenvalue weighted by molar-refractivity contribution is -0.383. The number of hydrogen-bond donors (Lipinski definition) is 1. The molecule has 0 aliphatic carbocycles. The summed E-state index contributed by atoms with van der Waals surface area (Å²) in [5, 5.41) is 23.0. The highest BCUT2D eigenvalue weighted by molar-refractivity contribution is 5.71. The first-order valence-electron chi connectivity index (χ1n) is 7.44. The Balaban J connectivity index is 1.78. The minimum atomic E-state index is -0.518. The van der Waals surface area contributed by atoms with E-state index < -0.39 is 4.92 Å². The fourth-order valence-electron chi connectivity index (χ4n) is 2.24. The van der Waals surface area contributed by atoms with Gasteiger partial charge in [-0.05, 0) is 48.5 Å². The van der Waals surface area contributed by atoms with Crippen LogP contribution in [0.25, 0.3) is 0 Å². The van der Waals surface area contributed by atoms with Crippen LogP contribution in [0.3, 0.4) is 0 Å². The van der Waals surface area contributed by atoms with E-state index >= 15 is 0 Å². The largest absolute Gasteiger partial charge is 0.457 e. The zero-order chi connectivity index (χ0) is 17.6. The quantitative estimate of drug-likeness (QED) is 0.525. The van der Waals surface area contributed by atoms with Crippen molar-refractivity contribution < 1.29 is 9.66 Å². The van der Waals surface area contributed by atoms with Crippen molar-refractivity contribution in [2.75, 3.05) is 5.32 Å². The predicted molar refractivity (Wildman–Crippen MR) is 94.1 cm³/mol. The molecule has 0 unspecified atom stereocenters. The van der Waals surface area contributed by atoms with Gasteiger partial charge in [-0.3, -0.25) is 10.1 Å². The average Bonchev–Trinajstić information content (AvgIpc) is 2.64. The molecule has 0 fully saturated rings. The number of anilines is 2. The lowest BCUT2D eigenvalue weighted by Gasteiger charge is -2.09. The first kappa shape index (κ1) is 16.0. The number of ether oxygens (including phenoxy) is 1. The third-order valence-corrected chi connectivity index (χ3v) is 3.44. The van der Waals surface area contributed by atoms with Crippen molar-refractivity contribution in [3.63, 3.8) is 0 Å². The number of nitrogens with one attached hydrogen (secondary N) is 1. The molecule has 0 aliphatic heterocycles. The second-order valence-electron chi connectivity index (χ2n) is 5.17. The summed E-state index contributed by atoms with van der Waals surface area (Å²) in [5.41, 5.74) is 1.08. The lowest BCUT2D eigenvalue weighted by Crippen LogP contribution is -1.97. The van der Waals surface area contributed by atoms with Crippen LogP contribution in [0.2, 0.25) is 0 Å². The normalized spacial score (nSPS) is 9.88. The molecule has 0 heterocycles. The highest BCUT2D eigenvalue weighted by Gasteiger charge is 2.14. The van der Waals surface area contributed by atoms with E-state index in [4.69, 9.17) is 10.00 Å². The fourth-order valence-corrected chi connectivity index (χ4v) is 2.24. The van der Waals surface area contributed by atoms with E-state index in [1.54, 1.807) is 24.3 Å². The lowest BCUT2D eigenvalue weighted by atomic mass is 10.2. The second kappa shape index (κ2) is 7.15. The number of nitro benzene ring substituents is 1. The molecule has 0 aliphatic rings. The molecule has 3 aromatic carbocycles. The van der Waals surface area contributed by atoms with Gasteiger partial charge in [-0.25, -0.2) is 0 Å². The van der Waals surface area contributed by atoms with Crippen molar-refractivity contribution >= 4 is 17.1 Å². The van der Waals surface area contributed by atoms with Crippen LogP contribution in [0, 0.1) is 21.4 Å². The molecule has 0 bridgehead atoms. The number of rotatable bonds is 5. The van der Waals surface area contributed by atoms with Gasteiger partial charge in [0.2, 0.25) is 0 Å². The summed E-state index contributed by atoms with van der Waals surface area (Å²) < 4.78 is 5.70. The number of nitro groups is 1. The molecule has 0 atom stereocenters. The molecule has 0 saturated heterocycles. The monoisotopic (exact) mass is 331 g/mol. The predicted octanol–water partition coefficient (Wildman–Crippen LogP) is 5.00. The maximum atomic E-state index is 11.2. The molecule has 6 heteroatoms. The van der Waals surface area contributed by atoms with Gasteiger partial charge in [0.05, 0.1) is 16.6 Å². The molecule has 0 saturated carbocycles. The number of benzene rings is 3. The van der Waals surface area contributed by atoms with E-state index in [1.807, 2.05) is 36.4 Å². The van der Waals surface area contributed by atoms with Crippen molar-refractivity contribution in [3.8, 4) is 17.6 Å². The summed E-state index contributed by atoms with van der Waals surface area (Å²) in [5.74, 6) is 1.39. The Kier molecular flexibility index (Phi) is 4.58. The minimum absolute atomic E-state index is 0.149. The molecule has 3 aromatic rings. The topological polar surface area (TPSA) is 88.2 Å². The Bertz CT molecular complexity index is 932. The number of nitriles is 1. The van der Waals surface area contributed by atoms with Crippen molar-refractivity contribution in [1.29, 1.82) is 5.26 Å². The van der Waals surface area contributed by atoms with Gasteiger partial charge in [0.25, 0.3) is 5.69 Å². The summed E-state index contributed by atoms with van der Waals surface area (Å²) in [6.45, 7) is 0. The third-order valence-electron chi connectivity index (χ3n) is 3.44. The first-order valence-corrected chi connectivity index (χ1v) is 7.44. The van der Waals surface area contributed by atoms with Crippen LogP contribution in [-0.4, -0.2) is 4.92 Å². The average molecular weight is 331 g/mol. The zero-order valence-electron chi connectivity index (χ0n) is 13.0. The van der Waals surface area contributed by atoms with Crippen LogP contribution in [0.5, 0.6) is 11.5 Å². The van der Waals surface area contributed by atoms with Crippen LogP contribution in [0.4, 0.5) is 17.1 Å². The molecular formula is C19H13N3O3. The van der Waals surface area contributed by atoms with Crippen LogP contribution in [0.15, 0.2) is 72.8 Å². The van der Waals surface area contributed by atoms with Gasteiger partial charge in [0.15, 0.2) is 0 Å². The van der Waals surface area contributed by atoms with Gasteiger partial charge in [0, 0.05) is 11.8 Å². The molecular weight excluding hydrogens is 318 g/mol. The summed E-state index contributed by atoms with van der Waals surface area (Å²) in [6.07, 6.45) is 0. The fraction of sp³-hybridized carbons (Fsp3) is 0. The summed E-state index contributed by atoms with van der Waals surface area (Å²) in [7, 11) is 0. The number of para-hydroxylation sites is 1. The summed E-state index contributed by atoms with van der Waals surface area (Å²) in [4.78, 5) is 10.7. The van der Waals surface area contributed by atoms with Crippen LogP contribution in [-0.2, 0) is 0 Å². The molecule has 0 aromatic heterocycles. The van der Waals surface area contributed by atoms with Crippen LogP contribution >= 0.6 is 0 Å². The molecule has 3 rings (SSSR count). The van der Waals surface area contributed by atoms with E-state index in [1.165, 1.54) is 18.2 Å². The van der Waals surface area contributed by atoms with Crippen LogP contribution in [0.1, 0.15) is 5.56 Å². The molecule has 122 valence electrons. The maximum Gasteiger partial charge on any atom is 0.293 e. The Morgan fingerprint density at radius 2 is 1.64 bits per heavy atom. The standard InChI is InChI=1S/C19H13N3O3/c20-13-14-6-11-18(19(12-14)22(23)24)21-15-7-9-17(10-8-15)25-16-4-2-1-3-5-16/h1-12,21H. The van der Waals surface area contributed by atoms with E-state index in [9.17, 15) is 10.1 Å². The highest BCUT2D eigenvalue weighted by atomic mass is 16.6. The van der Waals surface area contributed by atoms with Gasteiger partial charge < -0.3 is 10.1 Å². The second-order valence-corrected chi connectivity index (χ2v) is 5.17. The maximum absolute atomic E-state index is 11.2. The van der Waals surface area contributed by atoms with Crippen molar-refractivity contribution in [2.45, 2.75) is 0 Å². The Morgan fingerprint density at radius 1 is 0.960 bits per heavy atom. The highest BCUT2D eigenvalue weighted by Crippen LogP contribution is 2.30. The molecule has 0 amide bonds. The summed E-state index contributed by atoms with van der Waals surface area (Å²) >= 11 is 0. The van der Waals surface area contributed by atoms with Crippen LogP contribution < -0.4 is 10.1 Å². The minimum Gasteiger partial charge on any atom is -0.457 e. The molecule has 0 radical (unpaired) electrons. The number of hydrogen-bond acceptors (Lipinski definition) is 5. The SMILES string of the molecule is N#Cc1ccc(Nc2ccc(Oc3ccccc3)cc2)c([N+](=O)[O-])c1. The van der Waals surface area contributed by atoms with Gasteiger partial charge in [-0.1, -0.05) is 18.2 Å². The Labute approximate surface area is 144 Å². The van der Waals surface area contributed by atoms with Crippen molar-refractivity contribution in [1.82, 2.24) is 0 Å². The molecule has 1 N–H and O–H groups in total. The number of nitrogens with zero attached hydrogens (tertiary/aromatic N) is 2. The van der Waals surface area contributed by atoms with Gasteiger partial charge in [-0.15, -0.1) is 0 Å². The van der Waals surface area contributed by atoms with Gasteiger partial charge >= 0.3 is 0 Å². The molecule has 0 spiro atoms. The summed E-state index contributed by atoms with van der Waals surface area (Å²) in [6, 6.07) is 22.6. The molecule has 25 heavy (non-hydrogen) atoms. The zero-order valence-corrected chi connectivity index (χ0v) is 13.0. The van der Waals surface area contributed by atoms with E-state index in [-0.39, 0.29) is 11.3 Å². The van der Waals surface area contributed by atoms with E-state index in [0.717, 1.165) is 5.75 Å². The van der Waals surface area contributed by atoms with Gasteiger partial charge in [0.1, 0.15) is 17.2 Å². The Morgan fingerprint density at radius 3 is 2.28 bits per heavy atom.